The fraction of sp³-hybridized carbons (Fsp3) is 0.682. The summed E-state index contributed by atoms with van der Waals surface area (Å²) in [4.78, 5) is 15.1. The van der Waals surface area contributed by atoms with E-state index in [0.29, 0.717) is 0 Å². The zero-order chi connectivity index (χ0) is 20.7. The molecule has 2 aliphatic rings. The minimum atomic E-state index is -1.25. The van der Waals surface area contributed by atoms with Crippen LogP contribution in [0.4, 0.5) is 4.79 Å². The van der Waals surface area contributed by atoms with Crippen molar-refractivity contribution in [1.29, 1.82) is 0 Å². The number of ether oxygens (including phenoxy) is 1. The molecule has 156 valence electrons. The van der Waals surface area contributed by atoms with Crippen LogP contribution in [-0.4, -0.2) is 37.1 Å². The van der Waals surface area contributed by atoms with Crippen molar-refractivity contribution in [3.8, 4) is 0 Å². The first-order valence-corrected chi connectivity index (χ1v) is 11.3. The summed E-state index contributed by atoms with van der Waals surface area (Å²) >= 11 is 0. The van der Waals surface area contributed by atoms with Crippen LogP contribution in [0, 0.1) is 0 Å². The molecule has 0 radical (unpaired) electrons. The molecular formula is C22H34N2O3S. The Kier molecular flexibility index (Phi) is 5.67. The topological polar surface area (TPSA) is 58.6 Å². The summed E-state index contributed by atoms with van der Waals surface area (Å²) < 4.78 is 21.8. The molecule has 0 saturated carbocycles. The first-order valence-electron chi connectivity index (χ1n) is 10.2. The second kappa shape index (κ2) is 7.45. The molecule has 1 aromatic carbocycles. The number of amides is 1. The van der Waals surface area contributed by atoms with Gasteiger partial charge in [-0.05, 0) is 72.8 Å². The normalized spacial score (nSPS) is 26.9. The zero-order valence-electron chi connectivity index (χ0n) is 18.0. The van der Waals surface area contributed by atoms with Crippen LogP contribution < -0.4 is 4.72 Å². The Morgan fingerprint density at radius 1 is 1.14 bits per heavy atom. The summed E-state index contributed by atoms with van der Waals surface area (Å²) in [7, 11) is -1.25. The van der Waals surface area contributed by atoms with E-state index < -0.39 is 26.9 Å². The van der Waals surface area contributed by atoms with E-state index in [-0.39, 0.29) is 18.2 Å². The highest BCUT2D eigenvalue weighted by Crippen LogP contribution is 2.53. The van der Waals surface area contributed by atoms with Gasteiger partial charge >= 0.3 is 6.09 Å². The fourth-order valence-electron chi connectivity index (χ4n) is 4.45. The SMILES string of the molecule is CC(C)(C)OC(=O)N1C2CCC1([C@@H](N[S@](=O)C(C)(C)C)c1ccccc1)CC2. The second-order valence-corrected chi connectivity index (χ2v) is 12.0. The van der Waals surface area contributed by atoms with Gasteiger partial charge in [0.25, 0.3) is 0 Å². The van der Waals surface area contributed by atoms with Crippen LogP contribution in [0.15, 0.2) is 30.3 Å². The van der Waals surface area contributed by atoms with Gasteiger partial charge in [-0.25, -0.2) is 13.7 Å². The van der Waals surface area contributed by atoms with Crippen molar-refractivity contribution >= 4 is 17.1 Å². The molecule has 28 heavy (non-hydrogen) atoms. The Morgan fingerprint density at radius 2 is 1.71 bits per heavy atom. The van der Waals surface area contributed by atoms with Crippen LogP contribution in [0.5, 0.6) is 0 Å². The van der Waals surface area contributed by atoms with E-state index in [1.54, 1.807) is 0 Å². The average molecular weight is 407 g/mol. The number of hydrogen-bond acceptors (Lipinski definition) is 3. The molecule has 3 rings (SSSR count). The number of nitrogens with one attached hydrogen (secondary N) is 1. The van der Waals surface area contributed by atoms with Crippen LogP contribution in [0.25, 0.3) is 0 Å². The Balaban J connectivity index is 2.00. The van der Waals surface area contributed by atoms with E-state index >= 15 is 0 Å². The summed E-state index contributed by atoms with van der Waals surface area (Å²) in [6.07, 6.45) is 3.46. The van der Waals surface area contributed by atoms with Gasteiger partial charge in [-0.15, -0.1) is 0 Å². The zero-order valence-corrected chi connectivity index (χ0v) is 18.8. The molecular weight excluding hydrogens is 372 g/mol. The van der Waals surface area contributed by atoms with E-state index in [0.717, 1.165) is 31.2 Å². The van der Waals surface area contributed by atoms with Crippen LogP contribution >= 0.6 is 0 Å². The maximum absolute atomic E-state index is 13.1. The van der Waals surface area contributed by atoms with Gasteiger partial charge in [0, 0.05) is 6.04 Å². The van der Waals surface area contributed by atoms with Crippen LogP contribution in [-0.2, 0) is 15.7 Å². The quantitative estimate of drug-likeness (QED) is 0.788. The number of carbonyl (C=O) groups is 1. The predicted octanol–water partition coefficient (Wildman–Crippen LogP) is 4.71. The third-order valence-corrected chi connectivity index (χ3v) is 7.27. The fourth-order valence-corrected chi connectivity index (χ4v) is 5.38. The number of hydrogen-bond donors (Lipinski definition) is 1. The largest absolute Gasteiger partial charge is 0.444 e. The predicted molar refractivity (Wildman–Crippen MR) is 113 cm³/mol. The lowest BCUT2D eigenvalue weighted by atomic mass is 9.79. The van der Waals surface area contributed by atoms with Crippen molar-refractivity contribution < 1.29 is 13.7 Å². The molecule has 2 atom stereocenters. The standard InChI is InChI=1S/C22H34N2O3S/c1-20(2,3)27-19(25)24-17-12-14-22(24,15-13-17)18(16-10-8-7-9-11-16)23-28(26)21(4,5)6/h7-11,17-18,23H,12-15H2,1-6H3/t17?,18-,22?,28+/m0/s1. The van der Waals surface area contributed by atoms with Crippen LogP contribution in [0.3, 0.4) is 0 Å². The van der Waals surface area contributed by atoms with Gasteiger partial charge in [0.15, 0.2) is 0 Å². The van der Waals surface area contributed by atoms with Gasteiger partial charge in [0.05, 0.1) is 27.3 Å². The highest BCUT2D eigenvalue weighted by molar-refractivity contribution is 7.84. The lowest BCUT2D eigenvalue weighted by Gasteiger charge is -2.43. The van der Waals surface area contributed by atoms with Gasteiger partial charge in [-0.1, -0.05) is 30.3 Å². The van der Waals surface area contributed by atoms with Crippen molar-refractivity contribution in [1.82, 2.24) is 9.62 Å². The molecule has 1 amide bonds. The van der Waals surface area contributed by atoms with E-state index in [1.807, 2.05) is 64.6 Å². The van der Waals surface area contributed by atoms with Gasteiger partial charge in [0.2, 0.25) is 0 Å². The number of rotatable bonds is 4. The van der Waals surface area contributed by atoms with Crippen molar-refractivity contribution in [2.24, 2.45) is 0 Å². The Morgan fingerprint density at radius 3 is 2.21 bits per heavy atom. The maximum atomic E-state index is 13.1. The van der Waals surface area contributed by atoms with Gasteiger partial charge < -0.3 is 4.74 Å². The molecule has 2 aliphatic heterocycles. The molecule has 0 unspecified atom stereocenters. The summed E-state index contributed by atoms with van der Waals surface area (Å²) in [5.74, 6) is 0. The molecule has 2 bridgehead atoms. The number of nitrogens with zero attached hydrogens (tertiary/aromatic N) is 1. The van der Waals surface area contributed by atoms with Crippen LogP contribution in [0.2, 0.25) is 0 Å². The Labute approximate surface area is 171 Å². The number of benzene rings is 1. The summed E-state index contributed by atoms with van der Waals surface area (Å²) in [5, 5.41) is 0. The highest BCUT2D eigenvalue weighted by atomic mass is 32.2. The third kappa shape index (κ3) is 4.13. The van der Waals surface area contributed by atoms with Crippen molar-refractivity contribution in [2.45, 2.75) is 95.2 Å². The van der Waals surface area contributed by atoms with E-state index in [1.165, 1.54) is 0 Å². The number of fused-ring (bicyclic) bond motifs is 2. The molecule has 2 heterocycles. The summed E-state index contributed by atoms with van der Waals surface area (Å²) in [5.41, 5.74) is 0.121. The van der Waals surface area contributed by atoms with Crippen molar-refractivity contribution in [2.75, 3.05) is 0 Å². The minimum absolute atomic E-state index is 0.200. The molecule has 5 nitrogen and oxygen atoms in total. The van der Waals surface area contributed by atoms with Gasteiger partial charge in [0.1, 0.15) is 5.60 Å². The third-order valence-electron chi connectivity index (χ3n) is 5.71. The molecule has 1 N–H and O–H groups in total. The molecule has 2 fully saturated rings. The highest BCUT2D eigenvalue weighted by Gasteiger charge is 2.59. The monoisotopic (exact) mass is 406 g/mol. The van der Waals surface area contributed by atoms with Crippen molar-refractivity contribution in [3.63, 3.8) is 0 Å². The lowest BCUT2D eigenvalue weighted by Crippen LogP contribution is -2.55. The molecule has 0 spiro atoms. The smallest absolute Gasteiger partial charge is 0.411 e. The van der Waals surface area contributed by atoms with E-state index in [2.05, 4.69) is 16.9 Å². The van der Waals surface area contributed by atoms with Gasteiger partial charge in [-0.2, -0.15) is 0 Å². The molecule has 0 aliphatic carbocycles. The molecule has 2 saturated heterocycles. The molecule has 1 aromatic rings. The van der Waals surface area contributed by atoms with Crippen molar-refractivity contribution in [3.05, 3.63) is 35.9 Å². The minimum Gasteiger partial charge on any atom is -0.444 e. The Hall–Kier alpha value is -1.40. The molecule has 0 aromatic heterocycles. The first-order chi connectivity index (χ1) is 12.9. The second-order valence-electron chi connectivity index (χ2n) is 10.0. The Bertz CT molecular complexity index is 728. The van der Waals surface area contributed by atoms with Gasteiger partial charge in [-0.3, -0.25) is 4.90 Å². The summed E-state index contributed by atoms with van der Waals surface area (Å²) in [6.45, 7) is 11.6. The van der Waals surface area contributed by atoms with Crippen LogP contribution in [0.1, 0.15) is 78.8 Å². The lowest BCUT2D eigenvalue weighted by molar-refractivity contribution is 0.00427. The first kappa shape index (κ1) is 21.3. The maximum Gasteiger partial charge on any atom is 0.411 e. The summed E-state index contributed by atoms with van der Waals surface area (Å²) in [6, 6.07) is 10.1. The van der Waals surface area contributed by atoms with E-state index in [9.17, 15) is 9.00 Å². The number of carbonyl (C=O) groups excluding carboxylic acids is 1. The average Bonchev–Trinajstić information content (AvgIpc) is 3.14. The van der Waals surface area contributed by atoms with E-state index in [4.69, 9.17) is 4.74 Å². The molecule has 6 heteroatoms.